The second-order valence-electron chi connectivity index (χ2n) is 13.8. The van der Waals surface area contributed by atoms with E-state index in [4.69, 9.17) is 9.41 Å². The van der Waals surface area contributed by atoms with E-state index < -0.39 is 13.9 Å². The molecule has 1 saturated heterocycles. The van der Waals surface area contributed by atoms with Crippen molar-refractivity contribution in [1.82, 2.24) is 9.88 Å². The van der Waals surface area contributed by atoms with Crippen molar-refractivity contribution in [3.63, 3.8) is 0 Å². The molecule has 204 valence electrons. The number of fused-ring (bicyclic) bond motifs is 1. The summed E-state index contributed by atoms with van der Waals surface area (Å²) in [5.41, 5.74) is 4.56. The molecule has 0 saturated carbocycles. The Hall–Kier alpha value is -1.53. The van der Waals surface area contributed by atoms with Crippen molar-refractivity contribution in [2.24, 2.45) is 11.8 Å². The number of benzene rings is 1. The molecule has 2 aliphatic rings. The average Bonchev–Trinajstić information content (AvgIpc) is 2.97. The zero-order valence-electron chi connectivity index (χ0n) is 24.6. The van der Waals surface area contributed by atoms with Crippen LogP contribution in [0.5, 0.6) is 0 Å². The van der Waals surface area contributed by atoms with E-state index in [-0.39, 0.29) is 17.1 Å². The lowest BCUT2D eigenvalue weighted by molar-refractivity contribution is -0.0334. The van der Waals surface area contributed by atoms with E-state index in [1.54, 1.807) is 0 Å². The van der Waals surface area contributed by atoms with Gasteiger partial charge >= 0.3 is 0 Å². The monoisotopic (exact) mass is 522 g/mol. The van der Waals surface area contributed by atoms with Gasteiger partial charge in [0.2, 0.25) is 0 Å². The SMILES string of the molecule is Cc1ccccc1C1CCN(C[C@@H]2CCc3cccnc3[C@@H](O[Si](C)(C)C(C)(C)C)C2)CC1C(C)(C)O. The summed E-state index contributed by atoms with van der Waals surface area (Å²) in [7, 11) is -1.94. The van der Waals surface area contributed by atoms with Gasteiger partial charge in [-0.25, -0.2) is 0 Å². The van der Waals surface area contributed by atoms with E-state index in [9.17, 15) is 5.11 Å². The zero-order chi connectivity index (χ0) is 27.0. The Labute approximate surface area is 227 Å². The highest BCUT2D eigenvalue weighted by molar-refractivity contribution is 6.74. The lowest BCUT2D eigenvalue weighted by atomic mass is 9.71. The minimum atomic E-state index is -1.94. The number of aliphatic hydroxyl groups is 1. The summed E-state index contributed by atoms with van der Waals surface area (Å²) in [4.78, 5) is 7.49. The molecule has 0 amide bonds. The van der Waals surface area contributed by atoms with E-state index in [0.717, 1.165) is 38.9 Å². The maximum Gasteiger partial charge on any atom is 0.192 e. The number of likely N-dealkylation sites (tertiary alicyclic amines) is 1. The summed E-state index contributed by atoms with van der Waals surface area (Å²) < 4.78 is 7.05. The lowest BCUT2D eigenvalue weighted by Gasteiger charge is -2.45. The molecule has 4 nitrogen and oxygen atoms in total. The molecule has 1 aliphatic heterocycles. The predicted molar refractivity (Wildman–Crippen MR) is 156 cm³/mol. The first kappa shape index (κ1) is 28.5. The lowest BCUT2D eigenvalue weighted by Crippen LogP contribution is -2.49. The smallest absolute Gasteiger partial charge is 0.192 e. The number of hydrogen-bond acceptors (Lipinski definition) is 4. The molecule has 37 heavy (non-hydrogen) atoms. The molecule has 4 rings (SSSR count). The Morgan fingerprint density at radius 2 is 1.78 bits per heavy atom. The maximum absolute atomic E-state index is 11.2. The van der Waals surface area contributed by atoms with Crippen molar-refractivity contribution < 1.29 is 9.53 Å². The molecule has 1 N–H and O–H groups in total. The number of nitrogens with zero attached hydrogens (tertiary/aromatic N) is 2. The molecule has 1 fully saturated rings. The van der Waals surface area contributed by atoms with E-state index in [0.29, 0.717) is 11.8 Å². The average molecular weight is 523 g/mol. The predicted octanol–water partition coefficient (Wildman–Crippen LogP) is 7.28. The third-order valence-corrected chi connectivity index (χ3v) is 14.0. The summed E-state index contributed by atoms with van der Waals surface area (Å²) in [6.07, 6.45) is 6.37. The van der Waals surface area contributed by atoms with Crippen LogP contribution in [-0.2, 0) is 10.8 Å². The minimum Gasteiger partial charge on any atom is -0.408 e. The van der Waals surface area contributed by atoms with Crippen molar-refractivity contribution in [3.05, 3.63) is 65.0 Å². The van der Waals surface area contributed by atoms with Crippen LogP contribution in [0.1, 0.15) is 88.3 Å². The van der Waals surface area contributed by atoms with Crippen LogP contribution in [0.3, 0.4) is 0 Å². The van der Waals surface area contributed by atoms with Gasteiger partial charge in [-0.2, -0.15) is 0 Å². The Morgan fingerprint density at radius 3 is 2.46 bits per heavy atom. The van der Waals surface area contributed by atoms with E-state index in [2.05, 4.69) is 82.1 Å². The van der Waals surface area contributed by atoms with E-state index >= 15 is 0 Å². The van der Waals surface area contributed by atoms with Crippen LogP contribution in [0.4, 0.5) is 0 Å². The normalized spacial score (nSPS) is 26.0. The second-order valence-corrected chi connectivity index (χ2v) is 18.6. The van der Waals surface area contributed by atoms with Crippen molar-refractivity contribution in [2.45, 2.75) is 103 Å². The molecule has 0 spiro atoms. The van der Waals surface area contributed by atoms with E-state index in [1.807, 2.05) is 20.0 Å². The first-order chi connectivity index (χ1) is 17.3. The number of aryl methyl sites for hydroxylation is 2. The first-order valence-corrected chi connectivity index (χ1v) is 17.3. The molecule has 2 unspecified atom stereocenters. The molecule has 0 radical (unpaired) electrons. The minimum absolute atomic E-state index is 0.0687. The molecule has 2 aromatic rings. The Balaban J connectivity index is 1.52. The molecule has 1 aliphatic carbocycles. The van der Waals surface area contributed by atoms with Crippen molar-refractivity contribution in [1.29, 1.82) is 0 Å². The second kappa shape index (κ2) is 10.9. The number of hydrogen-bond donors (Lipinski definition) is 1. The molecule has 1 aromatic carbocycles. The van der Waals surface area contributed by atoms with Gasteiger partial charge in [0.25, 0.3) is 0 Å². The Kier molecular flexibility index (Phi) is 8.40. The molecule has 0 bridgehead atoms. The van der Waals surface area contributed by atoms with E-state index in [1.165, 1.54) is 28.8 Å². The van der Waals surface area contributed by atoms with Crippen LogP contribution in [0, 0.1) is 18.8 Å². The molecular formula is C32H50N2O2Si. The largest absolute Gasteiger partial charge is 0.408 e. The first-order valence-electron chi connectivity index (χ1n) is 14.4. The maximum atomic E-state index is 11.2. The number of pyridine rings is 1. The van der Waals surface area contributed by atoms with Crippen molar-refractivity contribution >= 4 is 8.32 Å². The van der Waals surface area contributed by atoms with Gasteiger partial charge in [0.15, 0.2) is 8.32 Å². The Bertz CT molecular complexity index is 1060. The standard InChI is InChI=1S/C32H50N2O2Si/c1-23-12-9-10-14-26(23)27-17-19-34(22-28(27)32(5,6)35)21-24-15-16-25-13-11-18-33-30(25)29(20-24)36-37(7,8)31(2,3)4/h9-14,18,24,27-29,35H,15-17,19-22H2,1-8H3/t24-,27?,28?,29+/m1/s1. The molecule has 4 atom stereocenters. The van der Waals surface area contributed by atoms with Crippen LogP contribution < -0.4 is 0 Å². The van der Waals surface area contributed by atoms with Crippen LogP contribution in [-0.4, -0.2) is 48.5 Å². The topological polar surface area (TPSA) is 45.6 Å². The zero-order valence-corrected chi connectivity index (χ0v) is 25.6. The molecule has 2 heterocycles. The number of piperidine rings is 1. The highest BCUT2D eigenvalue weighted by atomic mass is 28.4. The van der Waals surface area contributed by atoms with Gasteiger partial charge in [0.05, 0.1) is 17.4 Å². The number of rotatable bonds is 6. The van der Waals surface area contributed by atoms with Gasteiger partial charge in [-0.15, -0.1) is 0 Å². The van der Waals surface area contributed by atoms with Gasteiger partial charge in [-0.05, 0) is 106 Å². The van der Waals surface area contributed by atoms with Crippen molar-refractivity contribution in [3.8, 4) is 0 Å². The van der Waals surface area contributed by atoms with Crippen molar-refractivity contribution in [2.75, 3.05) is 19.6 Å². The van der Waals surface area contributed by atoms with Gasteiger partial charge in [0, 0.05) is 25.2 Å². The van der Waals surface area contributed by atoms with Crippen LogP contribution >= 0.6 is 0 Å². The Morgan fingerprint density at radius 1 is 1.05 bits per heavy atom. The van der Waals surface area contributed by atoms with Crippen LogP contribution in [0.25, 0.3) is 0 Å². The highest BCUT2D eigenvalue weighted by Gasteiger charge is 2.43. The van der Waals surface area contributed by atoms with Crippen LogP contribution in [0.2, 0.25) is 18.1 Å². The summed E-state index contributed by atoms with van der Waals surface area (Å²) >= 11 is 0. The van der Waals surface area contributed by atoms with Crippen LogP contribution in [0.15, 0.2) is 42.6 Å². The summed E-state index contributed by atoms with van der Waals surface area (Å²) in [6.45, 7) is 21.0. The summed E-state index contributed by atoms with van der Waals surface area (Å²) in [6, 6.07) is 13.1. The number of aromatic nitrogens is 1. The fourth-order valence-electron chi connectivity index (χ4n) is 6.29. The van der Waals surface area contributed by atoms with Gasteiger partial charge in [-0.1, -0.05) is 51.1 Å². The molecule has 5 heteroatoms. The summed E-state index contributed by atoms with van der Waals surface area (Å²) in [5.74, 6) is 1.17. The van der Waals surface area contributed by atoms with Gasteiger partial charge in [-0.3, -0.25) is 4.98 Å². The third kappa shape index (κ3) is 6.55. The van der Waals surface area contributed by atoms with Gasteiger partial charge in [0.1, 0.15) is 0 Å². The fourth-order valence-corrected chi connectivity index (χ4v) is 7.56. The summed E-state index contributed by atoms with van der Waals surface area (Å²) in [5, 5.41) is 11.4. The van der Waals surface area contributed by atoms with Gasteiger partial charge < -0.3 is 14.4 Å². The quantitative estimate of drug-likeness (QED) is 0.320. The fraction of sp³-hybridized carbons (Fsp3) is 0.656. The highest BCUT2D eigenvalue weighted by Crippen LogP contribution is 2.44. The third-order valence-electron chi connectivity index (χ3n) is 9.55. The molecular weight excluding hydrogens is 472 g/mol. The molecule has 1 aromatic heterocycles.